The van der Waals surface area contributed by atoms with E-state index in [-0.39, 0.29) is 16.7 Å². The van der Waals surface area contributed by atoms with Crippen LogP contribution in [-0.2, 0) is 20.4 Å². The number of halogens is 3. The predicted molar refractivity (Wildman–Crippen MR) is 113 cm³/mol. The summed E-state index contributed by atoms with van der Waals surface area (Å²) in [6.07, 6.45) is -1.55. The lowest BCUT2D eigenvalue weighted by Gasteiger charge is -2.32. The third-order valence-electron chi connectivity index (χ3n) is 5.68. The predicted octanol–water partition coefficient (Wildman–Crippen LogP) is 5.13. The van der Waals surface area contributed by atoms with Crippen LogP contribution in [0.3, 0.4) is 0 Å². The smallest absolute Gasteiger partial charge is 0.481 e. The molecule has 0 amide bonds. The van der Waals surface area contributed by atoms with Crippen molar-refractivity contribution in [2.45, 2.75) is 83.4 Å². The van der Waals surface area contributed by atoms with Crippen molar-refractivity contribution >= 4 is 11.9 Å². The number of rotatable bonds is 5. The maximum absolute atomic E-state index is 11.0. The Balaban J connectivity index is 0.000000592. The van der Waals surface area contributed by atoms with Gasteiger partial charge in [0.15, 0.2) is 0 Å². The Morgan fingerprint density at radius 1 is 0.903 bits per heavy atom. The fraction of sp³-hybridized carbons (Fsp3) is 0.652. The van der Waals surface area contributed by atoms with E-state index in [9.17, 15) is 18.0 Å². The zero-order valence-electron chi connectivity index (χ0n) is 18.8. The molecule has 0 aromatic heterocycles. The van der Waals surface area contributed by atoms with Gasteiger partial charge in [-0.05, 0) is 42.2 Å². The van der Waals surface area contributed by atoms with E-state index < -0.39 is 18.1 Å². The molecule has 0 bridgehead atoms. The molecule has 5 nitrogen and oxygen atoms in total. The molecule has 1 saturated carbocycles. The SMILES string of the molecule is CC(C)(C)c1ccc(C(C)(C)CNC2CCC(C(=O)O)CC2)cc1.O=C(O)C(F)(F)F. The highest BCUT2D eigenvalue weighted by atomic mass is 19.4. The molecule has 176 valence electrons. The molecule has 0 atom stereocenters. The molecular formula is C23H34F3NO4. The van der Waals surface area contributed by atoms with Gasteiger partial charge in [-0.15, -0.1) is 0 Å². The first kappa shape index (κ1) is 26.9. The van der Waals surface area contributed by atoms with Crippen molar-refractivity contribution in [2.24, 2.45) is 5.92 Å². The number of nitrogens with one attached hydrogen (secondary N) is 1. The Morgan fingerprint density at radius 3 is 1.68 bits per heavy atom. The molecule has 1 aromatic carbocycles. The number of aliphatic carboxylic acids is 2. The van der Waals surface area contributed by atoms with Crippen LogP contribution in [0.5, 0.6) is 0 Å². The van der Waals surface area contributed by atoms with Crippen LogP contribution in [-0.4, -0.2) is 40.9 Å². The summed E-state index contributed by atoms with van der Waals surface area (Å²) in [6, 6.07) is 9.45. The van der Waals surface area contributed by atoms with Gasteiger partial charge in [-0.25, -0.2) is 4.79 Å². The van der Waals surface area contributed by atoms with E-state index in [0.717, 1.165) is 32.2 Å². The Kier molecular flexibility index (Phi) is 9.11. The van der Waals surface area contributed by atoms with Crippen LogP contribution in [0.25, 0.3) is 0 Å². The summed E-state index contributed by atoms with van der Waals surface area (Å²) in [5.74, 6) is -3.53. The molecule has 0 heterocycles. The van der Waals surface area contributed by atoms with Crippen molar-refractivity contribution in [1.29, 1.82) is 0 Å². The van der Waals surface area contributed by atoms with Gasteiger partial charge in [-0.2, -0.15) is 13.2 Å². The van der Waals surface area contributed by atoms with E-state index in [2.05, 4.69) is 64.2 Å². The van der Waals surface area contributed by atoms with Crippen LogP contribution in [0.2, 0.25) is 0 Å². The van der Waals surface area contributed by atoms with E-state index >= 15 is 0 Å². The Morgan fingerprint density at radius 2 is 1.32 bits per heavy atom. The molecule has 1 aliphatic rings. The summed E-state index contributed by atoms with van der Waals surface area (Å²) in [7, 11) is 0. The third-order valence-corrected chi connectivity index (χ3v) is 5.68. The first-order chi connectivity index (χ1) is 14.0. The molecule has 0 radical (unpaired) electrons. The Hall–Kier alpha value is -2.09. The molecule has 3 N–H and O–H groups in total. The number of carboxylic acids is 2. The topological polar surface area (TPSA) is 86.6 Å². The van der Waals surface area contributed by atoms with Crippen LogP contribution in [0.1, 0.15) is 71.4 Å². The van der Waals surface area contributed by atoms with Gasteiger partial charge in [0.1, 0.15) is 0 Å². The fourth-order valence-corrected chi connectivity index (χ4v) is 3.47. The van der Waals surface area contributed by atoms with E-state index in [1.165, 1.54) is 11.1 Å². The molecule has 1 aromatic rings. The fourth-order valence-electron chi connectivity index (χ4n) is 3.47. The molecule has 1 aliphatic carbocycles. The van der Waals surface area contributed by atoms with Crippen molar-refractivity contribution in [3.05, 3.63) is 35.4 Å². The average Bonchev–Trinajstić information content (AvgIpc) is 2.66. The van der Waals surface area contributed by atoms with Gasteiger partial charge in [-0.1, -0.05) is 58.9 Å². The number of hydrogen-bond donors (Lipinski definition) is 3. The van der Waals surface area contributed by atoms with Crippen LogP contribution in [0.15, 0.2) is 24.3 Å². The lowest BCUT2D eigenvalue weighted by molar-refractivity contribution is -0.192. The molecule has 0 unspecified atom stereocenters. The van der Waals surface area contributed by atoms with Gasteiger partial charge in [0.2, 0.25) is 0 Å². The second-order valence-electron chi connectivity index (χ2n) is 9.78. The zero-order chi connectivity index (χ0) is 24.0. The summed E-state index contributed by atoms with van der Waals surface area (Å²) in [5, 5.41) is 19.9. The summed E-state index contributed by atoms with van der Waals surface area (Å²) >= 11 is 0. The minimum absolute atomic E-state index is 0.0695. The molecule has 31 heavy (non-hydrogen) atoms. The molecule has 0 spiro atoms. The quantitative estimate of drug-likeness (QED) is 0.585. The second-order valence-corrected chi connectivity index (χ2v) is 9.78. The minimum atomic E-state index is -5.08. The lowest BCUT2D eigenvalue weighted by Crippen LogP contribution is -2.41. The van der Waals surface area contributed by atoms with Crippen LogP contribution < -0.4 is 5.32 Å². The van der Waals surface area contributed by atoms with Gasteiger partial charge in [0.05, 0.1) is 5.92 Å². The summed E-state index contributed by atoms with van der Waals surface area (Å²) in [5.41, 5.74) is 2.97. The second kappa shape index (κ2) is 10.5. The van der Waals surface area contributed by atoms with Gasteiger partial charge in [0.25, 0.3) is 0 Å². The third kappa shape index (κ3) is 8.89. The van der Waals surface area contributed by atoms with Gasteiger partial charge < -0.3 is 15.5 Å². The summed E-state index contributed by atoms with van der Waals surface area (Å²) in [4.78, 5) is 19.9. The number of carbonyl (C=O) groups is 2. The van der Waals surface area contributed by atoms with Gasteiger partial charge >= 0.3 is 18.1 Å². The molecule has 1 fully saturated rings. The maximum atomic E-state index is 11.0. The zero-order valence-corrected chi connectivity index (χ0v) is 18.8. The number of benzene rings is 1. The highest BCUT2D eigenvalue weighted by Gasteiger charge is 2.38. The van der Waals surface area contributed by atoms with Crippen molar-refractivity contribution in [3.8, 4) is 0 Å². The monoisotopic (exact) mass is 445 g/mol. The summed E-state index contributed by atoms with van der Waals surface area (Å²) in [6.45, 7) is 12.2. The molecule has 0 aliphatic heterocycles. The molecular weight excluding hydrogens is 411 g/mol. The van der Waals surface area contributed by atoms with Crippen molar-refractivity contribution in [1.82, 2.24) is 5.32 Å². The van der Waals surface area contributed by atoms with E-state index in [1.807, 2.05) is 0 Å². The minimum Gasteiger partial charge on any atom is -0.481 e. The highest BCUT2D eigenvalue weighted by molar-refractivity contribution is 5.73. The first-order valence-electron chi connectivity index (χ1n) is 10.4. The number of hydrogen-bond acceptors (Lipinski definition) is 3. The van der Waals surface area contributed by atoms with E-state index in [1.54, 1.807) is 0 Å². The normalized spacial score (nSPS) is 19.9. The number of alkyl halides is 3. The highest BCUT2D eigenvalue weighted by Crippen LogP contribution is 2.29. The lowest BCUT2D eigenvalue weighted by atomic mass is 9.80. The van der Waals surface area contributed by atoms with Crippen molar-refractivity contribution in [3.63, 3.8) is 0 Å². The Labute approximate surface area is 182 Å². The van der Waals surface area contributed by atoms with Crippen molar-refractivity contribution < 1.29 is 33.0 Å². The molecule has 2 rings (SSSR count). The van der Waals surface area contributed by atoms with Crippen LogP contribution >= 0.6 is 0 Å². The van der Waals surface area contributed by atoms with Gasteiger partial charge in [-0.3, -0.25) is 4.79 Å². The average molecular weight is 446 g/mol. The van der Waals surface area contributed by atoms with E-state index in [0.29, 0.717) is 6.04 Å². The van der Waals surface area contributed by atoms with Crippen LogP contribution in [0, 0.1) is 5.92 Å². The van der Waals surface area contributed by atoms with E-state index in [4.69, 9.17) is 15.0 Å². The van der Waals surface area contributed by atoms with Crippen molar-refractivity contribution in [2.75, 3.05) is 6.54 Å². The number of carboxylic acid groups (broad SMARTS) is 2. The standard InChI is InChI=1S/C21H33NO2.C2HF3O2/c1-20(2,3)16-8-10-17(11-9-16)21(4,5)14-22-18-12-6-15(7-13-18)19(23)24;3-2(4,5)1(6)7/h8-11,15,18,22H,6-7,12-14H2,1-5H3,(H,23,24);(H,6,7). The molecule has 8 heteroatoms. The maximum Gasteiger partial charge on any atom is 0.490 e. The Bertz CT molecular complexity index is 729. The first-order valence-corrected chi connectivity index (χ1v) is 10.4. The largest absolute Gasteiger partial charge is 0.490 e. The van der Waals surface area contributed by atoms with Gasteiger partial charge in [0, 0.05) is 18.0 Å². The summed E-state index contributed by atoms with van der Waals surface area (Å²) < 4.78 is 31.7. The molecule has 0 saturated heterocycles. The van der Waals surface area contributed by atoms with Crippen LogP contribution in [0.4, 0.5) is 13.2 Å².